The van der Waals surface area contributed by atoms with E-state index in [2.05, 4.69) is 39.6 Å². The van der Waals surface area contributed by atoms with Crippen molar-refractivity contribution in [2.45, 2.75) is 13.3 Å². The molecular formula is C17H14ClN5. The molecule has 4 aromatic rings. The molecule has 6 heteroatoms. The molecule has 4 rings (SSSR count). The van der Waals surface area contributed by atoms with Gasteiger partial charge in [-0.05, 0) is 42.3 Å². The Morgan fingerprint density at radius 1 is 1.17 bits per heavy atom. The lowest BCUT2D eigenvalue weighted by Crippen LogP contribution is -2.00. The number of hydrogen-bond donors (Lipinski definition) is 1. The van der Waals surface area contributed by atoms with E-state index < -0.39 is 0 Å². The van der Waals surface area contributed by atoms with E-state index in [1.54, 1.807) is 6.33 Å². The molecule has 0 aliphatic carbocycles. The number of benzene rings is 2. The molecule has 0 saturated carbocycles. The summed E-state index contributed by atoms with van der Waals surface area (Å²) in [6.07, 6.45) is 2.66. The Balaban J connectivity index is 1.88. The maximum absolute atomic E-state index is 6.09. The van der Waals surface area contributed by atoms with Gasteiger partial charge in [-0.3, -0.25) is 4.40 Å². The average Bonchev–Trinajstić information content (AvgIpc) is 3.06. The molecule has 5 nitrogen and oxygen atoms in total. The van der Waals surface area contributed by atoms with Crippen LogP contribution in [0.25, 0.3) is 16.7 Å². The van der Waals surface area contributed by atoms with E-state index in [0.717, 1.165) is 23.1 Å². The molecule has 0 bridgehead atoms. The molecule has 114 valence electrons. The highest BCUT2D eigenvalue weighted by atomic mass is 35.5. The van der Waals surface area contributed by atoms with Crippen LogP contribution in [0.1, 0.15) is 12.5 Å². The summed E-state index contributed by atoms with van der Waals surface area (Å²) in [5.74, 6) is 0.672. The molecule has 2 aromatic carbocycles. The van der Waals surface area contributed by atoms with E-state index in [0.29, 0.717) is 16.5 Å². The first-order valence-electron chi connectivity index (χ1n) is 7.39. The first kappa shape index (κ1) is 14.0. The topological polar surface area (TPSA) is 55.1 Å². The van der Waals surface area contributed by atoms with Crippen LogP contribution < -0.4 is 5.32 Å². The number of nitrogens with zero attached hydrogens (tertiary/aromatic N) is 4. The Labute approximate surface area is 137 Å². The van der Waals surface area contributed by atoms with Crippen molar-refractivity contribution >= 4 is 39.8 Å². The van der Waals surface area contributed by atoms with Gasteiger partial charge in [0.25, 0.3) is 0 Å². The van der Waals surface area contributed by atoms with Crippen molar-refractivity contribution in [1.29, 1.82) is 0 Å². The number of fused-ring (bicyclic) bond motifs is 3. The second kappa shape index (κ2) is 5.52. The van der Waals surface area contributed by atoms with Crippen LogP contribution in [-0.4, -0.2) is 19.6 Å². The van der Waals surface area contributed by atoms with Crippen molar-refractivity contribution in [3.63, 3.8) is 0 Å². The molecule has 0 saturated heterocycles. The van der Waals surface area contributed by atoms with E-state index in [1.807, 2.05) is 34.7 Å². The summed E-state index contributed by atoms with van der Waals surface area (Å²) in [7, 11) is 0. The van der Waals surface area contributed by atoms with Crippen LogP contribution in [0.5, 0.6) is 0 Å². The molecule has 0 fully saturated rings. The van der Waals surface area contributed by atoms with Gasteiger partial charge in [0.1, 0.15) is 6.33 Å². The van der Waals surface area contributed by atoms with Crippen LogP contribution in [0.15, 0.2) is 48.8 Å². The third kappa shape index (κ3) is 2.49. The molecule has 0 aliphatic rings. The fourth-order valence-corrected chi connectivity index (χ4v) is 2.78. The number of nitrogens with one attached hydrogen (secondary N) is 1. The predicted molar refractivity (Wildman–Crippen MR) is 92.4 cm³/mol. The van der Waals surface area contributed by atoms with E-state index in [1.165, 1.54) is 5.56 Å². The Hall–Kier alpha value is -2.66. The summed E-state index contributed by atoms with van der Waals surface area (Å²) >= 11 is 6.09. The monoisotopic (exact) mass is 323 g/mol. The summed E-state index contributed by atoms with van der Waals surface area (Å²) in [4.78, 5) is 4.67. The molecule has 1 N–H and O–H groups in total. The molecule has 0 aliphatic heterocycles. The fraction of sp³-hybridized carbons (Fsp3) is 0.118. The van der Waals surface area contributed by atoms with Crippen molar-refractivity contribution in [2.24, 2.45) is 0 Å². The zero-order chi connectivity index (χ0) is 15.8. The van der Waals surface area contributed by atoms with E-state index >= 15 is 0 Å². The van der Waals surface area contributed by atoms with Crippen LogP contribution in [0.4, 0.5) is 11.5 Å². The SMILES string of the molecule is CCc1cccc(Nc2nc3ccc(Cl)cc3n3cnnc23)c1. The van der Waals surface area contributed by atoms with E-state index in [4.69, 9.17) is 11.6 Å². The van der Waals surface area contributed by atoms with Gasteiger partial charge in [0.05, 0.1) is 11.0 Å². The summed E-state index contributed by atoms with van der Waals surface area (Å²) in [5.41, 5.74) is 4.62. The lowest BCUT2D eigenvalue weighted by Gasteiger charge is -2.10. The highest BCUT2D eigenvalue weighted by Gasteiger charge is 2.11. The van der Waals surface area contributed by atoms with E-state index in [9.17, 15) is 0 Å². The van der Waals surface area contributed by atoms with Crippen molar-refractivity contribution in [2.75, 3.05) is 5.32 Å². The number of hydrogen-bond acceptors (Lipinski definition) is 4. The second-order valence-corrected chi connectivity index (χ2v) is 5.73. The number of halogens is 1. The van der Waals surface area contributed by atoms with Gasteiger partial charge in [0.2, 0.25) is 5.65 Å². The molecule has 0 spiro atoms. The highest BCUT2D eigenvalue weighted by Crippen LogP contribution is 2.25. The first-order chi connectivity index (χ1) is 11.2. The molecule has 2 aromatic heterocycles. The minimum atomic E-state index is 0.658. The van der Waals surface area contributed by atoms with Gasteiger partial charge in [0.15, 0.2) is 5.82 Å². The van der Waals surface area contributed by atoms with Crippen molar-refractivity contribution < 1.29 is 0 Å². The predicted octanol–water partition coefficient (Wildman–Crippen LogP) is 4.24. The smallest absolute Gasteiger partial charge is 0.204 e. The lowest BCUT2D eigenvalue weighted by atomic mass is 10.1. The zero-order valence-corrected chi connectivity index (χ0v) is 13.2. The molecule has 2 heterocycles. The third-order valence-corrected chi connectivity index (χ3v) is 4.02. The summed E-state index contributed by atoms with van der Waals surface area (Å²) in [6, 6.07) is 13.8. The maximum Gasteiger partial charge on any atom is 0.204 e. The molecule has 0 unspecified atom stereocenters. The normalized spacial score (nSPS) is 11.2. The largest absolute Gasteiger partial charge is 0.337 e. The quantitative estimate of drug-likeness (QED) is 0.613. The molecule has 23 heavy (non-hydrogen) atoms. The summed E-state index contributed by atoms with van der Waals surface area (Å²) < 4.78 is 1.89. The van der Waals surface area contributed by atoms with E-state index in [-0.39, 0.29) is 0 Å². The van der Waals surface area contributed by atoms with Crippen molar-refractivity contribution in [1.82, 2.24) is 19.6 Å². The Bertz CT molecular complexity index is 1010. The number of rotatable bonds is 3. The number of aromatic nitrogens is 4. The van der Waals surface area contributed by atoms with Gasteiger partial charge < -0.3 is 5.32 Å². The van der Waals surface area contributed by atoms with Crippen LogP contribution >= 0.6 is 11.6 Å². The van der Waals surface area contributed by atoms with Gasteiger partial charge >= 0.3 is 0 Å². The first-order valence-corrected chi connectivity index (χ1v) is 7.77. The number of aryl methyl sites for hydroxylation is 1. The van der Waals surface area contributed by atoms with Crippen LogP contribution in [0.3, 0.4) is 0 Å². The second-order valence-electron chi connectivity index (χ2n) is 5.30. The minimum Gasteiger partial charge on any atom is -0.337 e. The van der Waals surface area contributed by atoms with Gasteiger partial charge in [-0.25, -0.2) is 4.98 Å². The van der Waals surface area contributed by atoms with Crippen LogP contribution in [0.2, 0.25) is 5.02 Å². The van der Waals surface area contributed by atoms with Gasteiger partial charge in [-0.1, -0.05) is 30.7 Å². The maximum atomic E-state index is 6.09. The third-order valence-electron chi connectivity index (χ3n) is 3.79. The average molecular weight is 324 g/mol. The Morgan fingerprint density at radius 2 is 2.09 bits per heavy atom. The molecule has 0 atom stereocenters. The Morgan fingerprint density at radius 3 is 2.96 bits per heavy atom. The summed E-state index contributed by atoms with van der Waals surface area (Å²) in [5, 5.41) is 12.2. The van der Waals surface area contributed by atoms with Gasteiger partial charge in [0, 0.05) is 10.7 Å². The van der Waals surface area contributed by atoms with Crippen LogP contribution in [-0.2, 0) is 6.42 Å². The lowest BCUT2D eigenvalue weighted by molar-refractivity contribution is 1.11. The standard InChI is InChI=1S/C17H14ClN5/c1-2-11-4-3-5-13(8-11)20-16-17-22-19-10-23(17)15-9-12(18)6-7-14(15)21-16/h3-10H,2H2,1H3,(H,20,21). The number of anilines is 2. The van der Waals surface area contributed by atoms with Gasteiger partial charge in [-0.2, -0.15) is 0 Å². The van der Waals surface area contributed by atoms with Crippen molar-refractivity contribution in [3.05, 3.63) is 59.4 Å². The summed E-state index contributed by atoms with van der Waals surface area (Å²) in [6.45, 7) is 2.13. The Kier molecular flexibility index (Phi) is 3.35. The van der Waals surface area contributed by atoms with Crippen LogP contribution in [0, 0.1) is 0 Å². The minimum absolute atomic E-state index is 0.658. The zero-order valence-electron chi connectivity index (χ0n) is 12.5. The van der Waals surface area contributed by atoms with Gasteiger partial charge in [-0.15, -0.1) is 10.2 Å². The highest BCUT2D eigenvalue weighted by molar-refractivity contribution is 6.31. The molecule has 0 radical (unpaired) electrons. The molecular weight excluding hydrogens is 310 g/mol. The molecule has 0 amide bonds. The van der Waals surface area contributed by atoms with Crippen molar-refractivity contribution in [3.8, 4) is 0 Å². The fourth-order valence-electron chi connectivity index (χ4n) is 2.62.